The molecular formula is C15H9BrN2O5. The second-order valence-corrected chi connectivity index (χ2v) is 5.28. The van der Waals surface area contributed by atoms with Crippen molar-refractivity contribution in [2.75, 3.05) is 0 Å². The van der Waals surface area contributed by atoms with E-state index in [-0.39, 0.29) is 11.3 Å². The molecule has 3 aromatic rings. The van der Waals surface area contributed by atoms with Gasteiger partial charge in [-0.05, 0) is 40.2 Å². The molecule has 0 aliphatic carbocycles. The first-order valence-electron chi connectivity index (χ1n) is 6.43. The molecule has 2 heterocycles. The average Bonchev–Trinajstić information content (AvgIpc) is 2.98. The topological polar surface area (TPSA) is 102 Å². The Balaban J connectivity index is 1.77. The summed E-state index contributed by atoms with van der Waals surface area (Å²) in [7, 11) is 0. The monoisotopic (exact) mass is 376 g/mol. The van der Waals surface area contributed by atoms with Crippen molar-refractivity contribution in [2.24, 2.45) is 0 Å². The van der Waals surface area contributed by atoms with Gasteiger partial charge in [-0.1, -0.05) is 18.2 Å². The van der Waals surface area contributed by atoms with Gasteiger partial charge in [-0.25, -0.2) is 4.79 Å². The van der Waals surface area contributed by atoms with Gasteiger partial charge in [0, 0.05) is 5.39 Å². The maximum absolute atomic E-state index is 12.0. The Kier molecular flexibility index (Phi) is 3.98. The van der Waals surface area contributed by atoms with Crippen LogP contribution in [0.4, 0.5) is 0 Å². The predicted molar refractivity (Wildman–Crippen MR) is 83.8 cm³/mol. The molecule has 0 bridgehead atoms. The number of para-hydroxylation sites is 1. The predicted octanol–water partition coefficient (Wildman–Crippen LogP) is 2.22. The number of hydrazine groups is 1. The molecule has 3 rings (SSSR count). The van der Waals surface area contributed by atoms with Crippen LogP contribution in [0.3, 0.4) is 0 Å². The summed E-state index contributed by atoms with van der Waals surface area (Å²) in [6.45, 7) is 0. The van der Waals surface area contributed by atoms with Crippen molar-refractivity contribution in [3.63, 3.8) is 0 Å². The number of hydrogen-bond acceptors (Lipinski definition) is 5. The lowest BCUT2D eigenvalue weighted by molar-refractivity contribution is 0.0828. The number of furan rings is 1. The van der Waals surface area contributed by atoms with E-state index >= 15 is 0 Å². The van der Waals surface area contributed by atoms with Gasteiger partial charge >= 0.3 is 11.5 Å². The second-order valence-electron chi connectivity index (χ2n) is 4.50. The summed E-state index contributed by atoms with van der Waals surface area (Å²) in [5.74, 6) is -1.44. The Bertz CT molecular complexity index is 960. The number of benzene rings is 1. The molecule has 2 amide bonds. The van der Waals surface area contributed by atoms with E-state index < -0.39 is 17.4 Å². The Morgan fingerprint density at radius 3 is 2.43 bits per heavy atom. The van der Waals surface area contributed by atoms with Crippen molar-refractivity contribution in [3.8, 4) is 0 Å². The summed E-state index contributed by atoms with van der Waals surface area (Å²) >= 11 is 3.06. The zero-order valence-corrected chi connectivity index (χ0v) is 13.0. The van der Waals surface area contributed by atoms with Crippen LogP contribution in [0.15, 0.2) is 60.8 Å². The summed E-state index contributed by atoms with van der Waals surface area (Å²) < 4.78 is 10.5. The quantitative estimate of drug-likeness (QED) is 0.527. The third kappa shape index (κ3) is 3.16. The van der Waals surface area contributed by atoms with Gasteiger partial charge in [0.2, 0.25) is 0 Å². The summed E-state index contributed by atoms with van der Waals surface area (Å²) in [5, 5.41) is 0.596. The van der Waals surface area contributed by atoms with E-state index in [2.05, 4.69) is 26.8 Å². The van der Waals surface area contributed by atoms with E-state index in [4.69, 9.17) is 8.83 Å². The standard InChI is InChI=1S/C15H9BrN2O5/c16-12-6-5-11(22-12)14(20)18-17-13(19)9-7-8-3-1-2-4-10(8)23-15(9)21/h1-7H,(H,17,19)(H,18,20). The van der Waals surface area contributed by atoms with Crippen molar-refractivity contribution >= 4 is 38.7 Å². The van der Waals surface area contributed by atoms with Gasteiger partial charge in [0.1, 0.15) is 11.1 Å². The number of halogens is 1. The number of rotatable bonds is 2. The minimum Gasteiger partial charge on any atom is -0.444 e. The minimum atomic E-state index is -0.795. The fourth-order valence-electron chi connectivity index (χ4n) is 1.90. The van der Waals surface area contributed by atoms with Crippen LogP contribution in [0, 0.1) is 0 Å². The molecule has 23 heavy (non-hydrogen) atoms. The highest BCUT2D eigenvalue weighted by Gasteiger charge is 2.16. The molecule has 0 unspecified atom stereocenters. The molecule has 2 aromatic heterocycles. The Morgan fingerprint density at radius 2 is 1.70 bits per heavy atom. The SMILES string of the molecule is O=C(NNC(=O)c1cc2ccccc2oc1=O)c1ccc(Br)o1. The maximum atomic E-state index is 12.0. The van der Waals surface area contributed by atoms with E-state index in [1.807, 2.05) is 0 Å². The van der Waals surface area contributed by atoms with Gasteiger partial charge in [0.15, 0.2) is 10.4 Å². The Morgan fingerprint density at radius 1 is 0.957 bits per heavy atom. The number of hydrogen-bond donors (Lipinski definition) is 2. The molecule has 1 aromatic carbocycles. The van der Waals surface area contributed by atoms with Crippen LogP contribution in [-0.2, 0) is 0 Å². The lowest BCUT2D eigenvalue weighted by atomic mass is 10.2. The van der Waals surface area contributed by atoms with Crippen molar-refractivity contribution in [1.82, 2.24) is 10.9 Å². The minimum absolute atomic E-state index is 0.00252. The highest BCUT2D eigenvalue weighted by molar-refractivity contribution is 9.10. The van der Waals surface area contributed by atoms with Crippen LogP contribution < -0.4 is 16.5 Å². The molecule has 0 saturated carbocycles. The molecule has 0 aliphatic rings. The van der Waals surface area contributed by atoms with Crippen molar-refractivity contribution in [1.29, 1.82) is 0 Å². The summed E-state index contributed by atoms with van der Waals surface area (Å²) in [5.41, 5.74) is 3.65. The van der Waals surface area contributed by atoms with Crippen molar-refractivity contribution in [3.05, 3.63) is 68.9 Å². The fraction of sp³-hybridized carbons (Fsp3) is 0. The molecule has 0 spiro atoms. The molecule has 0 aliphatic heterocycles. The van der Waals surface area contributed by atoms with E-state index in [1.165, 1.54) is 18.2 Å². The largest absolute Gasteiger partial charge is 0.444 e. The van der Waals surface area contributed by atoms with Crippen molar-refractivity contribution < 1.29 is 18.4 Å². The lowest BCUT2D eigenvalue weighted by Gasteiger charge is -2.05. The van der Waals surface area contributed by atoms with Crippen LogP contribution in [0.1, 0.15) is 20.9 Å². The van der Waals surface area contributed by atoms with Gasteiger partial charge in [0.25, 0.3) is 5.91 Å². The number of nitrogens with one attached hydrogen (secondary N) is 2. The second kappa shape index (κ2) is 6.09. The summed E-state index contributed by atoms with van der Waals surface area (Å²) in [4.78, 5) is 35.6. The van der Waals surface area contributed by atoms with Gasteiger partial charge in [-0.3, -0.25) is 20.4 Å². The zero-order valence-electron chi connectivity index (χ0n) is 11.5. The first-order valence-corrected chi connectivity index (χ1v) is 7.23. The molecule has 0 fully saturated rings. The van der Waals surface area contributed by atoms with Gasteiger partial charge in [-0.15, -0.1) is 0 Å². The Hall–Kier alpha value is -2.87. The van der Waals surface area contributed by atoms with E-state index in [9.17, 15) is 14.4 Å². The first kappa shape index (κ1) is 15.0. The molecule has 0 atom stereocenters. The molecule has 8 heteroatoms. The number of amides is 2. The molecule has 7 nitrogen and oxygen atoms in total. The molecule has 0 saturated heterocycles. The molecular weight excluding hydrogens is 368 g/mol. The van der Waals surface area contributed by atoms with Gasteiger partial charge < -0.3 is 8.83 Å². The Labute approximate surface area is 137 Å². The average molecular weight is 377 g/mol. The van der Waals surface area contributed by atoms with E-state index in [1.54, 1.807) is 24.3 Å². The summed E-state index contributed by atoms with van der Waals surface area (Å²) in [6.07, 6.45) is 0. The maximum Gasteiger partial charge on any atom is 0.349 e. The normalized spacial score (nSPS) is 10.5. The van der Waals surface area contributed by atoms with Gasteiger partial charge in [0.05, 0.1) is 0 Å². The highest BCUT2D eigenvalue weighted by atomic mass is 79.9. The van der Waals surface area contributed by atoms with E-state index in [0.717, 1.165) is 0 Å². The van der Waals surface area contributed by atoms with Gasteiger partial charge in [-0.2, -0.15) is 0 Å². The summed E-state index contributed by atoms with van der Waals surface area (Å²) in [6, 6.07) is 11.1. The highest BCUT2D eigenvalue weighted by Crippen LogP contribution is 2.14. The molecule has 0 radical (unpaired) electrons. The van der Waals surface area contributed by atoms with Crippen LogP contribution in [0.2, 0.25) is 0 Å². The van der Waals surface area contributed by atoms with Crippen LogP contribution in [-0.4, -0.2) is 11.8 Å². The van der Waals surface area contributed by atoms with E-state index in [0.29, 0.717) is 15.6 Å². The lowest BCUT2D eigenvalue weighted by Crippen LogP contribution is -2.42. The first-order chi connectivity index (χ1) is 11.0. The third-order valence-electron chi connectivity index (χ3n) is 2.97. The fourth-order valence-corrected chi connectivity index (χ4v) is 2.21. The number of carbonyl (C=O) groups is 2. The zero-order chi connectivity index (χ0) is 16.4. The van der Waals surface area contributed by atoms with Crippen LogP contribution >= 0.6 is 15.9 Å². The molecule has 2 N–H and O–H groups in total. The van der Waals surface area contributed by atoms with Crippen molar-refractivity contribution in [2.45, 2.75) is 0 Å². The molecule has 116 valence electrons. The smallest absolute Gasteiger partial charge is 0.349 e. The van der Waals surface area contributed by atoms with Crippen LogP contribution in [0.5, 0.6) is 0 Å². The third-order valence-corrected chi connectivity index (χ3v) is 3.40. The number of fused-ring (bicyclic) bond motifs is 1. The number of carbonyl (C=O) groups excluding carboxylic acids is 2. The van der Waals surface area contributed by atoms with Crippen LogP contribution in [0.25, 0.3) is 11.0 Å².